The fourth-order valence-electron chi connectivity index (χ4n) is 5.90. The van der Waals surface area contributed by atoms with E-state index in [1.54, 1.807) is 42.5 Å². The van der Waals surface area contributed by atoms with E-state index in [-0.39, 0.29) is 30.6 Å². The van der Waals surface area contributed by atoms with Crippen molar-refractivity contribution in [2.24, 2.45) is 11.7 Å². The molecular formula is C35H48N6O8. The van der Waals surface area contributed by atoms with Crippen LogP contribution in [-0.4, -0.2) is 93.6 Å². The molecular weight excluding hydrogens is 632 g/mol. The zero-order valence-electron chi connectivity index (χ0n) is 28.1. The number of carbonyl (C=O) groups excluding carboxylic acids is 5. The van der Waals surface area contributed by atoms with Crippen molar-refractivity contribution in [3.05, 3.63) is 71.8 Å². The molecule has 0 radical (unpaired) electrons. The molecule has 2 aromatic rings. The van der Waals surface area contributed by atoms with Gasteiger partial charge in [-0.15, -0.1) is 0 Å². The molecule has 8 N–H and O–H groups in total. The standard InChI is InChI=1S/C35H48N6O8/c1-21(2)17-28(37-22(3)42)35(49)41-16-10-15-29(41)34(48)40-27(19-24-13-8-5-9-14-24)33(47)39-26(18-23-11-6-4-7-12-23)32(46)38-25(31(36)45)20-30(43)44/h4-9,11-14,21,25-29,33,39,47H,10,15-20H2,1-3H3,(H2,36,45)(H,37,42)(H,38,46)(H,40,48)(H,43,44)/t25-,26-,27-,28-,29-,33?/m0/s1. The maximum absolute atomic E-state index is 13.8. The molecule has 1 fully saturated rings. The monoisotopic (exact) mass is 680 g/mol. The number of amides is 5. The SMILES string of the molecule is CC(=O)N[C@@H](CC(C)C)C(=O)N1CCC[C@H]1C(=O)N[C@@H](Cc1ccccc1)C(O)N[C@@H](Cc1ccccc1)C(=O)N[C@@H](CC(=O)O)C(N)=O. The first-order valence-electron chi connectivity index (χ1n) is 16.5. The number of aliphatic hydroxyl groups excluding tert-OH is 1. The average molecular weight is 681 g/mol. The van der Waals surface area contributed by atoms with E-state index >= 15 is 0 Å². The Balaban J connectivity index is 1.87. The molecule has 6 atom stereocenters. The van der Waals surface area contributed by atoms with Crippen LogP contribution in [0.15, 0.2) is 60.7 Å². The first kappa shape index (κ1) is 38.6. The van der Waals surface area contributed by atoms with Crippen molar-refractivity contribution in [2.75, 3.05) is 6.54 Å². The summed E-state index contributed by atoms with van der Waals surface area (Å²) in [5.74, 6) is -4.25. The van der Waals surface area contributed by atoms with E-state index < -0.39 is 66.5 Å². The smallest absolute Gasteiger partial charge is 0.305 e. The van der Waals surface area contributed by atoms with E-state index in [1.807, 2.05) is 32.0 Å². The molecule has 1 saturated heterocycles. The van der Waals surface area contributed by atoms with Crippen LogP contribution in [0.1, 0.15) is 57.6 Å². The number of carboxylic acid groups (broad SMARTS) is 1. The van der Waals surface area contributed by atoms with E-state index in [4.69, 9.17) is 5.73 Å². The van der Waals surface area contributed by atoms with Gasteiger partial charge in [0, 0.05) is 13.5 Å². The highest BCUT2D eigenvalue weighted by atomic mass is 16.4. The number of benzene rings is 2. The fraction of sp³-hybridized carbons (Fsp3) is 0.486. The van der Waals surface area contributed by atoms with Crippen molar-refractivity contribution >= 4 is 35.5 Å². The molecule has 0 aliphatic carbocycles. The van der Waals surface area contributed by atoms with Crippen LogP contribution in [-0.2, 0) is 41.6 Å². The highest BCUT2D eigenvalue weighted by molar-refractivity contribution is 5.93. The first-order valence-corrected chi connectivity index (χ1v) is 16.5. The molecule has 49 heavy (non-hydrogen) atoms. The van der Waals surface area contributed by atoms with Crippen molar-refractivity contribution in [1.29, 1.82) is 0 Å². The largest absolute Gasteiger partial charge is 0.481 e. The maximum Gasteiger partial charge on any atom is 0.305 e. The number of nitrogens with zero attached hydrogens (tertiary/aromatic N) is 1. The van der Waals surface area contributed by atoms with Crippen LogP contribution in [0.25, 0.3) is 0 Å². The molecule has 0 saturated carbocycles. The summed E-state index contributed by atoms with van der Waals surface area (Å²) in [6, 6.07) is 12.6. The molecule has 5 amide bonds. The van der Waals surface area contributed by atoms with Gasteiger partial charge in [-0.2, -0.15) is 0 Å². The number of likely N-dealkylation sites (tertiary alicyclic amines) is 1. The summed E-state index contributed by atoms with van der Waals surface area (Å²) in [7, 11) is 0. The highest BCUT2D eigenvalue weighted by Crippen LogP contribution is 2.21. The molecule has 3 rings (SSSR count). The second kappa shape index (κ2) is 18.7. The molecule has 14 heteroatoms. The predicted molar refractivity (Wildman–Crippen MR) is 180 cm³/mol. The topological polar surface area (TPSA) is 220 Å². The zero-order chi connectivity index (χ0) is 36.1. The summed E-state index contributed by atoms with van der Waals surface area (Å²) in [4.78, 5) is 77.5. The summed E-state index contributed by atoms with van der Waals surface area (Å²) in [6.07, 6.45) is -0.717. The average Bonchev–Trinajstić information content (AvgIpc) is 3.54. The van der Waals surface area contributed by atoms with Gasteiger partial charge in [0.25, 0.3) is 0 Å². The lowest BCUT2D eigenvalue weighted by atomic mass is 10.0. The van der Waals surface area contributed by atoms with E-state index in [2.05, 4.69) is 21.3 Å². The second-order valence-electron chi connectivity index (χ2n) is 12.8. The third-order valence-corrected chi connectivity index (χ3v) is 8.24. The van der Waals surface area contributed by atoms with Crippen molar-refractivity contribution in [2.45, 2.75) is 95.7 Å². The van der Waals surface area contributed by atoms with E-state index in [9.17, 15) is 39.0 Å². The second-order valence-corrected chi connectivity index (χ2v) is 12.8. The summed E-state index contributed by atoms with van der Waals surface area (Å²) in [5.41, 5.74) is 6.83. The van der Waals surface area contributed by atoms with Crippen molar-refractivity contribution in [3.63, 3.8) is 0 Å². The summed E-state index contributed by atoms with van der Waals surface area (Å²) >= 11 is 0. The third-order valence-electron chi connectivity index (χ3n) is 8.24. The maximum atomic E-state index is 13.8. The number of rotatable bonds is 18. The Morgan fingerprint density at radius 2 is 1.45 bits per heavy atom. The van der Waals surface area contributed by atoms with Gasteiger partial charge in [0.05, 0.1) is 18.5 Å². The molecule has 0 spiro atoms. The van der Waals surface area contributed by atoms with Crippen LogP contribution >= 0.6 is 0 Å². The van der Waals surface area contributed by atoms with Crippen molar-refractivity contribution in [1.82, 2.24) is 26.2 Å². The Morgan fingerprint density at radius 3 is 1.98 bits per heavy atom. The number of aliphatic hydroxyl groups is 1. The number of hydrogen-bond acceptors (Lipinski definition) is 8. The van der Waals surface area contributed by atoms with Crippen LogP contribution in [0.5, 0.6) is 0 Å². The summed E-state index contributed by atoms with van der Waals surface area (Å²) in [5, 5.41) is 31.7. The third kappa shape index (κ3) is 12.3. The van der Waals surface area contributed by atoms with Gasteiger partial charge in [-0.1, -0.05) is 74.5 Å². The highest BCUT2D eigenvalue weighted by Gasteiger charge is 2.39. The Morgan fingerprint density at radius 1 is 0.857 bits per heavy atom. The minimum atomic E-state index is -1.52. The Kier molecular flexibility index (Phi) is 14.7. The minimum absolute atomic E-state index is 0.0413. The molecule has 266 valence electrons. The van der Waals surface area contributed by atoms with E-state index in [0.717, 1.165) is 5.56 Å². The van der Waals surface area contributed by atoms with Crippen LogP contribution in [0.2, 0.25) is 0 Å². The van der Waals surface area contributed by atoms with Gasteiger partial charge < -0.3 is 36.8 Å². The Bertz CT molecular complexity index is 1440. The number of hydrogen-bond donors (Lipinski definition) is 7. The number of primary amides is 1. The Hall–Kier alpha value is -4.82. The number of nitrogens with two attached hydrogens (primary N) is 1. The number of carboxylic acids is 1. The van der Waals surface area contributed by atoms with Gasteiger partial charge in [-0.3, -0.25) is 34.1 Å². The zero-order valence-corrected chi connectivity index (χ0v) is 28.1. The molecule has 1 aliphatic rings. The van der Waals surface area contributed by atoms with Gasteiger partial charge in [-0.05, 0) is 49.1 Å². The van der Waals surface area contributed by atoms with Gasteiger partial charge in [-0.25, -0.2) is 0 Å². The van der Waals surface area contributed by atoms with Crippen molar-refractivity contribution < 1.29 is 39.0 Å². The molecule has 1 aliphatic heterocycles. The van der Waals surface area contributed by atoms with Gasteiger partial charge >= 0.3 is 5.97 Å². The number of nitrogens with one attached hydrogen (secondary N) is 4. The molecule has 14 nitrogen and oxygen atoms in total. The fourth-order valence-corrected chi connectivity index (χ4v) is 5.90. The number of carbonyl (C=O) groups is 6. The normalized spacial score (nSPS) is 17.3. The van der Waals surface area contributed by atoms with Crippen LogP contribution in [0.4, 0.5) is 0 Å². The quantitative estimate of drug-likeness (QED) is 0.107. The molecule has 1 unspecified atom stereocenters. The van der Waals surface area contributed by atoms with E-state index in [1.165, 1.54) is 11.8 Å². The van der Waals surface area contributed by atoms with Gasteiger partial charge in [0.2, 0.25) is 29.5 Å². The molecule has 2 aromatic carbocycles. The van der Waals surface area contributed by atoms with Gasteiger partial charge in [0.15, 0.2) is 0 Å². The first-order chi connectivity index (χ1) is 23.2. The van der Waals surface area contributed by atoms with E-state index in [0.29, 0.717) is 31.4 Å². The molecule has 0 aromatic heterocycles. The summed E-state index contributed by atoms with van der Waals surface area (Å²) in [6.45, 7) is 5.53. The lowest BCUT2D eigenvalue weighted by Crippen LogP contribution is -2.61. The molecule has 0 bridgehead atoms. The van der Waals surface area contributed by atoms with Gasteiger partial charge in [0.1, 0.15) is 24.4 Å². The summed E-state index contributed by atoms with van der Waals surface area (Å²) < 4.78 is 0. The number of aliphatic carboxylic acids is 1. The van der Waals surface area contributed by atoms with Crippen LogP contribution in [0.3, 0.4) is 0 Å². The lowest BCUT2D eigenvalue weighted by molar-refractivity contribution is -0.142. The lowest BCUT2D eigenvalue weighted by Gasteiger charge is -2.33. The van der Waals surface area contributed by atoms with Crippen LogP contribution in [0, 0.1) is 5.92 Å². The molecule has 1 heterocycles. The predicted octanol–water partition coefficient (Wildman–Crippen LogP) is 0.220. The minimum Gasteiger partial charge on any atom is -0.481 e. The Labute approximate surface area is 286 Å². The van der Waals surface area contributed by atoms with Crippen molar-refractivity contribution in [3.8, 4) is 0 Å². The van der Waals surface area contributed by atoms with Crippen LogP contribution < -0.4 is 27.0 Å².